The number of amides is 1. The predicted octanol–water partition coefficient (Wildman–Crippen LogP) is 4.33. The van der Waals surface area contributed by atoms with E-state index in [9.17, 15) is 9.59 Å². The number of benzene rings is 1. The first-order valence-electron chi connectivity index (χ1n) is 11.2. The molecule has 1 unspecified atom stereocenters. The molecule has 4 aromatic rings. The van der Waals surface area contributed by atoms with Crippen LogP contribution >= 0.6 is 11.3 Å². The lowest BCUT2D eigenvalue weighted by atomic mass is 9.89. The maximum Gasteiger partial charge on any atom is 0.262 e. The van der Waals surface area contributed by atoms with Crippen LogP contribution < -0.4 is 10.9 Å². The number of hydrogen-bond donors (Lipinski definition) is 1. The van der Waals surface area contributed by atoms with Crippen LogP contribution in [0.3, 0.4) is 0 Å². The Hall–Kier alpha value is -3.26. The molecular formula is C25H27N5O2S. The van der Waals surface area contributed by atoms with Crippen LogP contribution in [0.2, 0.25) is 0 Å². The van der Waals surface area contributed by atoms with Gasteiger partial charge in [0.05, 0.1) is 34.5 Å². The molecule has 3 heterocycles. The van der Waals surface area contributed by atoms with Gasteiger partial charge in [0.2, 0.25) is 5.91 Å². The molecule has 8 heteroatoms. The van der Waals surface area contributed by atoms with Gasteiger partial charge in [-0.05, 0) is 63.6 Å². The minimum absolute atomic E-state index is 0.0859. The van der Waals surface area contributed by atoms with Crippen molar-refractivity contribution < 1.29 is 4.79 Å². The van der Waals surface area contributed by atoms with E-state index in [1.54, 1.807) is 11.3 Å². The van der Waals surface area contributed by atoms with Crippen LogP contribution in [0.15, 0.2) is 35.4 Å². The summed E-state index contributed by atoms with van der Waals surface area (Å²) in [6.07, 6.45) is 4.47. The van der Waals surface area contributed by atoms with E-state index in [4.69, 9.17) is 0 Å². The Balaban J connectivity index is 1.40. The molecule has 0 saturated heterocycles. The second-order valence-corrected chi connectivity index (χ2v) is 10.1. The van der Waals surface area contributed by atoms with Crippen LogP contribution in [0.25, 0.3) is 15.9 Å². The third kappa shape index (κ3) is 3.88. The number of rotatable bonds is 4. The lowest BCUT2D eigenvalue weighted by Crippen LogP contribution is -2.28. The predicted molar refractivity (Wildman–Crippen MR) is 131 cm³/mol. The van der Waals surface area contributed by atoms with Crippen LogP contribution in [0, 0.1) is 26.7 Å². The maximum atomic E-state index is 13.2. The highest BCUT2D eigenvalue weighted by molar-refractivity contribution is 7.18. The number of nitrogens with zero attached hydrogens (tertiary/aromatic N) is 4. The number of thiophene rings is 1. The van der Waals surface area contributed by atoms with Crippen molar-refractivity contribution in [3.63, 3.8) is 0 Å². The summed E-state index contributed by atoms with van der Waals surface area (Å²) in [5.41, 5.74) is 5.34. The molecule has 0 bridgehead atoms. The zero-order valence-electron chi connectivity index (χ0n) is 19.3. The molecule has 0 aliphatic heterocycles. The van der Waals surface area contributed by atoms with Crippen molar-refractivity contribution in [1.29, 1.82) is 0 Å². The largest absolute Gasteiger partial charge is 0.321 e. The second-order valence-electron chi connectivity index (χ2n) is 9.05. The zero-order valence-corrected chi connectivity index (χ0v) is 20.1. The van der Waals surface area contributed by atoms with Gasteiger partial charge in [0.25, 0.3) is 5.56 Å². The van der Waals surface area contributed by atoms with Crippen molar-refractivity contribution in [2.45, 2.75) is 53.5 Å². The summed E-state index contributed by atoms with van der Waals surface area (Å²) in [4.78, 5) is 32.7. The molecule has 0 saturated carbocycles. The summed E-state index contributed by atoms with van der Waals surface area (Å²) >= 11 is 1.62. The van der Waals surface area contributed by atoms with Gasteiger partial charge >= 0.3 is 0 Å². The SMILES string of the molecule is Cc1ccc(-n2nc(C)c(NC(=O)Cn3cnc4sc5c(c4c3=O)CCC(C)C5)c2C)cc1. The number of carbonyl (C=O) groups is 1. The highest BCUT2D eigenvalue weighted by atomic mass is 32.1. The lowest BCUT2D eigenvalue weighted by Gasteiger charge is -2.17. The third-order valence-electron chi connectivity index (χ3n) is 6.43. The van der Waals surface area contributed by atoms with Gasteiger partial charge in [-0.1, -0.05) is 24.6 Å². The van der Waals surface area contributed by atoms with Crippen molar-refractivity contribution >= 4 is 33.1 Å². The Morgan fingerprint density at radius 1 is 1.21 bits per heavy atom. The maximum absolute atomic E-state index is 13.2. The molecule has 1 aliphatic carbocycles. The topological polar surface area (TPSA) is 81.8 Å². The highest BCUT2D eigenvalue weighted by Gasteiger charge is 2.24. The fourth-order valence-corrected chi connectivity index (χ4v) is 5.91. The summed E-state index contributed by atoms with van der Waals surface area (Å²) in [5.74, 6) is 0.358. The van der Waals surface area contributed by atoms with Crippen LogP contribution in [0.1, 0.15) is 40.7 Å². The molecule has 1 aromatic carbocycles. The van der Waals surface area contributed by atoms with Crippen LogP contribution in [-0.2, 0) is 24.2 Å². The molecule has 0 radical (unpaired) electrons. The van der Waals surface area contributed by atoms with Crippen LogP contribution in [0.5, 0.6) is 0 Å². The summed E-state index contributed by atoms with van der Waals surface area (Å²) in [6, 6.07) is 8.07. The average Bonchev–Trinajstić information content (AvgIpc) is 3.28. The second kappa shape index (κ2) is 8.26. The van der Waals surface area contributed by atoms with Crippen molar-refractivity contribution in [2.75, 3.05) is 5.32 Å². The molecule has 0 fully saturated rings. The fourth-order valence-electron chi connectivity index (χ4n) is 4.57. The van der Waals surface area contributed by atoms with E-state index in [-0.39, 0.29) is 18.0 Å². The van der Waals surface area contributed by atoms with Crippen LogP contribution in [0.4, 0.5) is 5.69 Å². The standard InChI is InChI=1S/C25H27N5O2S/c1-14-5-8-18(9-6-14)30-17(4)23(16(3)28-30)27-21(31)12-29-13-26-24-22(25(29)32)19-10-7-15(2)11-20(19)33-24/h5-6,8-9,13,15H,7,10-12H2,1-4H3,(H,27,31). The van der Waals surface area contributed by atoms with Gasteiger partial charge < -0.3 is 5.32 Å². The fraction of sp³-hybridized carbons (Fsp3) is 0.360. The summed E-state index contributed by atoms with van der Waals surface area (Å²) in [5, 5.41) is 8.25. The third-order valence-corrected chi connectivity index (χ3v) is 7.59. The number of anilines is 1. The van der Waals surface area contributed by atoms with E-state index < -0.39 is 0 Å². The number of carbonyl (C=O) groups excluding carboxylic acids is 1. The van der Waals surface area contributed by atoms with E-state index in [0.29, 0.717) is 17.0 Å². The smallest absolute Gasteiger partial charge is 0.262 e. The number of aryl methyl sites for hydroxylation is 3. The van der Waals surface area contributed by atoms with E-state index in [2.05, 4.69) is 22.3 Å². The minimum atomic E-state index is -0.273. The molecule has 0 spiro atoms. The Bertz CT molecular complexity index is 1430. The molecular weight excluding hydrogens is 434 g/mol. The van der Waals surface area contributed by atoms with E-state index in [1.807, 2.05) is 49.7 Å². The lowest BCUT2D eigenvalue weighted by molar-refractivity contribution is -0.116. The average molecular weight is 462 g/mol. The van der Waals surface area contributed by atoms with Crippen LogP contribution in [-0.4, -0.2) is 25.2 Å². The minimum Gasteiger partial charge on any atom is -0.321 e. The molecule has 170 valence electrons. The highest BCUT2D eigenvalue weighted by Crippen LogP contribution is 2.35. The molecule has 3 aromatic heterocycles. The molecule has 1 aliphatic rings. The summed E-state index contributed by atoms with van der Waals surface area (Å²) in [7, 11) is 0. The normalized spacial score (nSPS) is 15.6. The molecule has 1 atom stereocenters. The number of aromatic nitrogens is 4. The first-order valence-corrected chi connectivity index (χ1v) is 12.1. The molecule has 1 N–H and O–H groups in total. The number of hydrogen-bond acceptors (Lipinski definition) is 5. The first kappa shape index (κ1) is 21.6. The van der Waals surface area contributed by atoms with Gasteiger partial charge in [0.1, 0.15) is 11.4 Å². The van der Waals surface area contributed by atoms with Gasteiger partial charge in [-0.2, -0.15) is 5.10 Å². The summed E-state index contributed by atoms with van der Waals surface area (Å²) < 4.78 is 3.24. The zero-order chi connectivity index (χ0) is 23.3. The van der Waals surface area contributed by atoms with E-state index in [1.165, 1.54) is 21.3 Å². The van der Waals surface area contributed by atoms with E-state index >= 15 is 0 Å². The Morgan fingerprint density at radius 3 is 2.73 bits per heavy atom. The van der Waals surface area contributed by atoms with Gasteiger partial charge in [-0.3, -0.25) is 14.2 Å². The number of fused-ring (bicyclic) bond motifs is 3. The van der Waals surface area contributed by atoms with E-state index in [0.717, 1.165) is 46.7 Å². The monoisotopic (exact) mass is 461 g/mol. The van der Waals surface area contributed by atoms with Crippen molar-refractivity contribution in [2.24, 2.45) is 5.92 Å². The molecule has 5 rings (SSSR count). The number of nitrogens with one attached hydrogen (secondary N) is 1. The Morgan fingerprint density at radius 2 is 1.97 bits per heavy atom. The van der Waals surface area contributed by atoms with Crippen molar-refractivity contribution in [3.8, 4) is 5.69 Å². The van der Waals surface area contributed by atoms with Gasteiger partial charge in [-0.15, -0.1) is 11.3 Å². The van der Waals surface area contributed by atoms with Gasteiger partial charge in [-0.25, -0.2) is 9.67 Å². The van der Waals surface area contributed by atoms with Crippen molar-refractivity contribution in [3.05, 3.63) is 68.3 Å². The Kier molecular flexibility index (Phi) is 5.40. The molecule has 7 nitrogen and oxygen atoms in total. The Labute approximate surface area is 196 Å². The molecule has 1 amide bonds. The molecule has 33 heavy (non-hydrogen) atoms. The van der Waals surface area contributed by atoms with Gasteiger partial charge in [0, 0.05) is 4.88 Å². The quantitative estimate of drug-likeness (QED) is 0.490. The summed E-state index contributed by atoms with van der Waals surface area (Å²) in [6.45, 7) is 7.99. The first-order chi connectivity index (χ1) is 15.8. The van der Waals surface area contributed by atoms with Gasteiger partial charge in [0.15, 0.2) is 0 Å². The van der Waals surface area contributed by atoms with Crippen molar-refractivity contribution in [1.82, 2.24) is 19.3 Å².